The van der Waals surface area contributed by atoms with Gasteiger partial charge in [-0.2, -0.15) is 0 Å². The number of H-pyrrole nitrogens is 1. The molecule has 1 saturated heterocycles. The molecule has 1 unspecified atom stereocenters. The second-order valence-electron chi connectivity index (χ2n) is 7.71. The number of piperazine rings is 1. The number of allylic oxidation sites excluding steroid dienone is 1. The van der Waals surface area contributed by atoms with Crippen LogP contribution in [0.25, 0.3) is 16.5 Å². The van der Waals surface area contributed by atoms with Gasteiger partial charge in [0.25, 0.3) is 5.56 Å². The summed E-state index contributed by atoms with van der Waals surface area (Å²) in [4.78, 5) is 25.1. The highest BCUT2D eigenvalue weighted by Gasteiger charge is 2.27. The molecule has 0 amide bonds. The van der Waals surface area contributed by atoms with Gasteiger partial charge in [0.15, 0.2) is 0 Å². The molecule has 1 aromatic heterocycles. The van der Waals surface area contributed by atoms with Crippen molar-refractivity contribution >= 4 is 33.8 Å². The molecule has 5 rings (SSSR count). The van der Waals surface area contributed by atoms with E-state index in [1.54, 1.807) is 18.2 Å². The summed E-state index contributed by atoms with van der Waals surface area (Å²) in [5.74, 6) is 0.654. The number of nitrogens with zero attached hydrogens (tertiary/aromatic N) is 3. The topological polar surface area (TPSA) is 52.2 Å². The first kappa shape index (κ1) is 18.4. The molecular weight excluding hydrogens is 384 g/mol. The number of hydrogen-bond donors (Lipinski definition) is 1. The maximum atomic E-state index is 12.5. The third-order valence-corrected chi connectivity index (χ3v) is 6.30. The van der Waals surface area contributed by atoms with Crippen molar-refractivity contribution in [3.8, 4) is 0 Å². The van der Waals surface area contributed by atoms with Gasteiger partial charge < -0.3 is 9.88 Å². The minimum atomic E-state index is -0.131. The Morgan fingerprint density at radius 3 is 2.59 bits per heavy atom. The van der Waals surface area contributed by atoms with E-state index in [9.17, 15) is 4.79 Å². The average molecular weight is 407 g/mol. The summed E-state index contributed by atoms with van der Waals surface area (Å²) in [5.41, 5.74) is 2.85. The summed E-state index contributed by atoms with van der Waals surface area (Å²) in [5, 5.41) is 1.05. The van der Waals surface area contributed by atoms with Crippen LogP contribution >= 0.6 is 11.6 Å². The number of fused-ring (bicyclic) bond motifs is 1. The van der Waals surface area contributed by atoms with E-state index < -0.39 is 0 Å². The van der Waals surface area contributed by atoms with Crippen molar-refractivity contribution in [2.75, 3.05) is 31.1 Å². The summed E-state index contributed by atoms with van der Waals surface area (Å²) in [6.07, 6.45) is 4.26. The number of para-hydroxylation sites is 2. The van der Waals surface area contributed by atoms with Crippen LogP contribution in [0.5, 0.6) is 0 Å². The van der Waals surface area contributed by atoms with Crippen LogP contribution in [0, 0.1) is 0 Å². The Kier molecular flexibility index (Phi) is 4.86. The molecule has 1 N–H and O–H groups in total. The minimum Gasteiger partial charge on any atom is -0.369 e. The lowest BCUT2D eigenvalue weighted by Gasteiger charge is -2.38. The van der Waals surface area contributed by atoms with Crippen LogP contribution in [0.1, 0.15) is 18.7 Å². The molecule has 5 nitrogen and oxygen atoms in total. The molecule has 0 bridgehead atoms. The lowest BCUT2D eigenvalue weighted by atomic mass is 10.1. The highest BCUT2D eigenvalue weighted by Crippen LogP contribution is 2.30. The van der Waals surface area contributed by atoms with Crippen molar-refractivity contribution in [2.24, 2.45) is 0 Å². The maximum absolute atomic E-state index is 12.5. The van der Waals surface area contributed by atoms with Gasteiger partial charge in [-0.1, -0.05) is 41.9 Å². The van der Waals surface area contributed by atoms with Gasteiger partial charge in [0.05, 0.1) is 15.9 Å². The molecule has 1 atom stereocenters. The molecule has 0 saturated carbocycles. The van der Waals surface area contributed by atoms with E-state index in [4.69, 9.17) is 11.6 Å². The van der Waals surface area contributed by atoms with Gasteiger partial charge in [-0.15, -0.1) is 0 Å². The first-order chi connectivity index (χ1) is 14.2. The number of benzene rings is 2. The zero-order chi connectivity index (χ0) is 19.8. The van der Waals surface area contributed by atoms with Crippen molar-refractivity contribution < 1.29 is 0 Å². The molecule has 2 aliphatic rings. The van der Waals surface area contributed by atoms with Crippen LogP contribution in [0.2, 0.25) is 5.02 Å². The number of hydrogen-bond acceptors (Lipinski definition) is 4. The van der Waals surface area contributed by atoms with E-state index in [1.165, 1.54) is 5.69 Å². The SMILES string of the molecule is O=c1[nH]c(C2=CC(N3CCN(c4ccccc4)CC3)CC2)nc2c(Cl)cccc12. The summed E-state index contributed by atoms with van der Waals surface area (Å²) < 4.78 is 0. The Balaban J connectivity index is 1.33. The third-order valence-electron chi connectivity index (χ3n) is 6.00. The van der Waals surface area contributed by atoms with E-state index in [2.05, 4.69) is 56.2 Å². The predicted molar refractivity (Wildman–Crippen MR) is 119 cm³/mol. The molecule has 0 radical (unpaired) electrons. The standard InChI is InChI=1S/C23H23ClN4O/c24-20-8-4-7-19-21(20)25-22(26-23(19)29)16-9-10-18(15-16)28-13-11-27(12-14-28)17-5-2-1-3-6-17/h1-8,15,18H,9-14H2,(H,25,26,29). The van der Waals surface area contributed by atoms with Gasteiger partial charge in [0, 0.05) is 37.9 Å². The highest BCUT2D eigenvalue weighted by molar-refractivity contribution is 6.35. The zero-order valence-electron chi connectivity index (χ0n) is 16.1. The minimum absolute atomic E-state index is 0.131. The van der Waals surface area contributed by atoms with Crippen LogP contribution < -0.4 is 10.5 Å². The van der Waals surface area contributed by atoms with Gasteiger partial charge in [-0.3, -0.25) is 9.69 Å². The van der Waals surface area contributed by atoms with Crippen LogP contribution in [-0.4, -0.2) is 47.1 Å². The van der Waals surface area contributed by atoms with Crippen LogP contribution in [0.4, 0.5) is 5.69 Å². The second-order valence-corrected chi connectivity index (χ2v) is 8.11. The Labute approximate surface area is 174 Å². The fraction of sp³-hybridized carbons (Fsp3) is 0.304. The molecule has 1 fully saturated rings. The summed E-state index contributed by atoms with van der Waals surface area (Å²) in [6, 6.07) is 16.3. The number of halogens is 1. The smallest absolute Gasteiger partial charge is 0.259 e. The summed E-state index contributed by atoms with van der Waals surface area (Å²) >= 11 is 6.27. The van der Waals surface area contributed by atoms with E-state index >= 15 is 0 Å². The van der Waals surface area contributed by atoms with E-state index in [1.807, 2.05) is 0 Å². The lowest BCUT2D eigenvalue weighted by molar-refractivity contribution is 0.214. The molecule has 1 aliphatic heterocycles. The van der Waals surface area contributed by atoms with Crippen molar-refractivity contribution in [2.45, 2.75) is 18.9 Å². The van der Waals surface area contributed by atoms with Crippen LogP contribution in [-0.2, 0) is 0 Å². The maximum Gasteiger partial charge on any atom is 0.259 e. The van der Waals surface area contributed by atoms with E-state index in [0.717, 1.165) is 44.6 Å². The Morgan fingerprint density at radius 2 is 1.79 bits per heavy atom. The summed E-state index contributed by atoms with van der Waals surface area (Å²) in [7, 11) is 0. The number of aromatic nitrogens is 2. The fourth-order valence-corrected chi connectivity index (χ4v) is 4.63. The Bertz CT molecular complexity index is 1120. The van der Waals surface area contributed by atoms with Crippen molar-refractivity contribution in [1.82, 2.24) is 14.9 Å². The van der Waals surface area contributed by atoms with Crippen molar-refractivity contribution in [1.29, 1.82) is 0 Å². The third kappa shape index (κ3) is 3.56. The molecular formula is C23H23ClN4O. The number of aromatic amines is 1. The highest BCUT2D eigenvalue weighted by atomic mass is 35.5. The fourth-order valence-electron chi connectivity index (χ4n) is 4.42. The number of rotatable bonds is 3. The Morgan fingerprint density at radius 1 is 1.00 bits per heavy atom. The van der Waals surface area contributed by atoms with Gasteiger partial charge >= 0.3 is 0 Å². The first-order valence-corrected chi connectivity index (χ1v) is 10.5. The molecule has 6 heteroatoms. The van der Waals surface area contributed by atoms with Crippen molar-refractivity contribution in [3.05, 3.63) is 75.8 Å². The molecule has 1 aliphatic carbocycles. The van der Waals surface area contributed by atoms with E-state index in [-0.39, 0.29) is 5.56 Å². The average Bonchev–Trinajstić information content (AvgIpc) is 3.25. The quantitative estimate of drug-likeness (QED) is 0.715. The lowest BCUT2D eigenvalue weighted by Crippen LogP contribution is -2.49. The van der Waals surface area contributed by atoms with Crippen LogP contribution in [0.3, 0.4) is 0 Å². The first-order valence-electron chi connectivity index (χ1n) is 10.1. The predicted octanol–water partition coefficient (Wildman–Crippen LogP) is 3.94. The van der Waals surface area contributed by atoms with Gasteiger partial charge in [0.1, 0.15) is 5.82 Å². The molecule has 2 heterocycles. The summed E-state index contributed by atoms with van der Waals surface area (Å²) in [6.45, 7) is 4.14. The van der Waals surface area contributed by atoms with Crippen LogP contribution in [0.15, 0.2) is 59.4 Å². The van der Waals surface area contributed by atoms with Gasteiger partial charge in [-0.25, -0.2) is 4.98 Å². The molecule has 29 heavy (non-hydrogen) atoms. The molecule has 148 valence electrons. The van der Waals surface area contributed by atoms with Gasteiger partial charge in [0.2, 0.25) is 0 Å². The van der Waals surface area contributed by atoms with Crippen molar-refractivity contribution in [3.63, 3.8) is 0 Å². The number of anilines is 1. The second kappa shape index (κ2) is 7.65. The van der Waals surface area contributed by atoms with E-state index in [0.29, 0.717) is 27.8 Å². The molecule has 3 aromatic rings. The molecule has 0 spiro atoms. The normalized spacial score (nSPS) is 20.2. The number of nitrogens with one attached hydrogen (secondary N) is 1. The Hall–Kier alpha value is -2.63. The monoisotopic (exact) mass is 406 g/mol. The van der Waals surface area contributed by atoms with Gasteiger partial charge in [-0.05, 0) is 42.7 Å². The largest absolute Gasteiger partial charge is 0.369 e. The zero-order valence-corrected chi connectivity index (χ0v) is 16.9. The molecule has 2 aromatic carbocycles.